The molecule has 1 atom stereocenters. The van der Waals surface area contributed by atoms with Gasteiger partial charge in [-0.3, -0.25) is 9.69 Å². The van der Waals surface area contributed by atoms with E-state index in [0.29, 0.717) is 0 Å². The maximum atomic E-state index is 14.4. The van der Waals surface area contributed by atoms with Crippen LogP contribution in [0.3, 0.4) is 0 Å². The van der Waals surface area contributed by atoms with E-state index >= 15 is 0 Å². The number of hydrogen-bond acceptors (Lipinski definition) is 1. The molecule has 0 N–H and O–H groups in total. The van der Waals surface area contributed by atoms with Gasteiger partial charge in [-0.2, -0.15) is 0 Å². The molecular formula is C29H29NO. The fraction of sp³-hybridized carbons (Fsp3) is 0.276. The van der Waals surface area contributed by atoms with Crippen LogP contribution in [0.25, 0.3) is 0 Å². The first-order chi connectivity index (χ1) is 14.9. The third kappa shape index (κ3) is 2.74. The molecule has 1 saturated heterocycles. The number of para-hydroxylation sites is 1. The SMILES string of the molecule is CC1=CC2(CC(C)(C)C1)N(c1ccccc1)C(=O)C2(c1ccccc1)c1ccccc1. The van der Waals surface area contributed by atoms with Crippen molar-refractivity contribution in [2.75, 3.05) is 4.90 Å². The van der Waals surface area contributed by atoms with E-state index in [1.54, 1.807) is 0 Å². The zero-order chi connectivity index (χ0) is 21.7. The molecule has 156 valence electrons. The predicted octanol–water partition coefficient (Wildman–Crippen LogP) is 6.52. The number of allylic oxidation sites excluding steroid dienone is 1. The molecule has 3 aromatic rings. The molecule has 2 heteroatoms. The van der Waals surface area contributed by atoms with E-state index in [1.807, 2.05) is 30.3 Å². The van der Waals surface area contributed by atoms with Gasteiger partial charge in [-0.05, 0) is 48.4 Å². The summed E-state index contributed by atoms with van der Waals surface area (Å²) in [6.07, 6.45) is 4.35. The van der Waals surface area contributed by atoms with Gasteiger partial charge in [-0.1, -0.05) is 104 Å². The number of nitrogens with zero attached hydrogens (tertiary/aromatic N) is 1. The van der Waals surface area contributed by atoms with Crippen molar-refractivity contribution in [1.82, 2.24) is 0 Å². The molecule has 5 rings (SSSR count). The van der Waals surface area contributed by atoms with E-state index in [2.05, 4.69) is 92.4 Å². The van der Waals surface area contributed by atoms with Gasteiger partial charge in [0.1, 0.15) is 5.41 Å². The second kappa shape index (κ2) is 6.95. The molecule has 2 nitrogen and oxygen atoms in total. The minimum atomic E-state index is -0.746. The van der Waals surface area contributed by atoms with Crippen LogP contribution in [0.4, 0.5) is 5.69 Å². The second-order valence-corrected chi connectivity index (χ2v) is 9.89. The Labute approximate surface area is 185 Å². The summed E-state index contributed by atoms with van der Waals surface area (Å²) in [5.41, 5.74) is 3.34. The van der Waals surface area contributed by atoms with E-state index < -0.39 is 11.0 Å². The minimum absolute atomic E-state index is 0.0847. The Balaban J connectivity index is 1.86. The lowest BCUT2D eigenvalue weighted by atomic mass is 9.47. The van der Waals surface area contributed by atoms with Crippen LogP contribution in [0.2, 0.25) is 0 Å². The van der Waals surface area contributed by atoms with Gasteiger partial charge in [0, 0.05) is 5.69 Å². The number of hydrogen-bond donors (Lipinski definition) is 0. The molecule has 1 aliphatic heterocycles. The van der Waals surface area contributed by atoms with E-state index in [9.17, 15) is 4.79 Å². The maximum Gasteiger partial charge on any atom is 0.245 e. The Hall–Kier alpha value is -3.13. The number of amides is 1. The Bertz CT molecular complexity index is 1090. The van der Waals surface area contributed by atoms with Crippen LogP contribution < -0.4 is 4.90 Å². The van der Waals surface area contributed by atoms with E-state index in [4.69, 9.17) is 0 Å². The van der Waals surface area contributed by atoms with Gasteiger partial charge in [0.05, 0.1) is 5.54 Å². The molecule has 0 saturated carbocycles. The predicted molar refractivity (Wildman–Crippen MR) is 127 cm³/mol. The van der Waals surface area contributed by atoms with Gasteiger partial charge in [0.2, 0.25) is 5.91 Å². The van der Waals surface area contributed by atoms with Crippen molar-refractivity contribution >= 4 is 11.6 Å². The fourth-order valence-corrected chi connectivity index (χ4v) is 6.30. The number of benzene rings is 3. The normalized spacial score (nSPS) is 23.9. The molecule has 1 spiro atoms. The molecule has 0 bridgehead atoms. The molecule has 1 unspecified atom stereocenters. The average molecular weight is 408 g/mol. The van der Waals surface area contributed by atoms with Crippen molar-refractivity contribution in [1.29, 1.82) is 0 Å². The van der Waals surface area contributed by atoms with E-state index in [1.165, 1.54) is 5.57 Å². The zero-order valence-corrected chi connectivity index (χ0v) is 18.5. The number of β-lactam (4-membered cyclic amide) rings is 1. The fourth-order valence-electron chi connectivity index (χ4n) is 6.30. The van der Waals surface area contributed by atoms with Gasteiger partial charge >= 0.3 is 0 Å². The van der Waals surface area contributed by atoms with Gasteiger partial charge in [-0.15, -0.1) is 0 Å². The highest BCUT2D eigenvalue weighted by molar-refractivity contribution is 6.15. The Morgan fingerprint density at radius 2 is 1.23 bits per heavy atom. The summed E-state index contributed by atoms with van der Waals surface area (Å²) in [6, 6.07) is 30.9. The summed E-state index contributed by atoms with van der Waals surface area (Å²) in [7, 11) is 0. The van der Waals surface area contributed by atoms with Crippen molar-refractivity contribution in [3.63, 3.8) is 0 Å². The quantitative estimate of drug-likeness (QED) is 0.357. The highest BCUT2D eigenvalue weighted by Gasteiger charge is 2.73. The molecule has 31 heavy (non-hydrogen) atoms. The van der Waals surface area contributed by atoms with Crippen molar-refractivity contribution in [3.05, 3.63) is 114 Å². The minimum Gasteiger partial charge on any atom is -0.300 e. The second-order valence-electron chi connectivity index (χ2n) is 9.89. The van der Waals surface area contributed by atoms with Crippen LogP contribution in [0.5, 0.6) is 0 Å². The van der Waals surface area contributed by atoms with Gasteiger partial charge in [0.25, 0.3) is 0 Å². The highest BCUT2D eigenvalue weighted by Crippen LogP contribution is 2.63. The van der Waals surface area contributed by atoms with Crippen molar-refractivity contribution in [2.45, 2.75) is 44.6 Å². The monoisotopic (exact) mass is 407 g/mol. The molecule has 3 aromatic carbocycles. The molecule has 0 aromatic heterocycles. The van der Waals surface area contributed by atoms with Gasteiger partial charge in [-0.25, -0.2) is 0 Å². The molecule has 1 amide bonds. The first-order valence-corrected chi connectivity index (χ1v) is 11.1. The van der Waals surface area contributed by atoms with Crippen LogP contribution in [-0.2, 0) is 10.2 Å². The van der Waals surface area contributed by atoms with E-state index in [0.717, 1.165) is 29.7 Å². The molecule has 2 aliphatic rings. The lowest BCUT2D eigenvalue weighted by Gasteiger charge is -2.67. The summed E-state index contributed by atoms with van der Waals surface area (Å²) >= 11 is 0. The van der Waals surface area contributed by atoms with Crippen LogP contribution in [-0.4, -0.2) is 11.4 Å². The van der Waals surface area contributed by atoms with Crippen molar-refractivity contribution in [3.8, 4) is 0 Å². The van der Waals surface area contributed by atoms with Crippen LogP contribution >= 0.6 is 0 Å². The standard InChI is InChI=1S/C29H29NO/c1-22-19-27(2,3)21-28(20-22)29(23-13-7-4-8-14-23,24-15-9-5-10-16-24)26(31)30(28)25-17-11-6-12-18-25/h4-18,20H,19,21H2,1-3H3. The zero-order valence-electron chi connectivity index (χ0n) is 18.5. The van der Waals surface area contributed by atoms with Crippen molar-refractivity contribution < 1.29 is 4.79 Å². The Morgan fingerprint density at radius 1 is 0.742 bits per heavy atom. The topological polar surface area (TPSA) is 20.3 Å². The maximum absolute atomic E-state index is 14.4. The summed E-state index contributed by atoms with van der Waals surface area (Å²) in [5, 5.41) is 0. The van der Waals surface area contributed by atoms with Gasteiger partial charge < -0.3 is 0 Å². The first-order valence-electron chi connectivity index (χ1n) is 11.1. The molecule has 1 fully saturated rings. The molecule has 1 aliphatic carbocycles. The molecule has 1 heterocycles. The Morgan fingerprint density at radius 3 is 1.71 bits per heavy atom. The largest absolute Gasteiger partial charge is 0.300 e. The lowest BCUT2D eigenvalue weighted by Crippen LogP contribution is -2.81. The number of carbonyl (C=O) groups is 1. The van der Waals surface area contributed by atoms with E-state index in [-0.39, 0.29) is 11.3 Å². The van der Waals surface area contributed by atoms with Crippen LogP contribution in [0.1, 0.15) is 44.7 Å². The summed E-state index contributed by atoms with van der Waals surface area (Å²) in [5.74, 6) is 0.151. The molecule has 0 radical (unpaired) electrons. The smallest absolute Gasteiger partial charge is 0.245 e. The summed E-state index contributed by atoms with van der Waals surface area (Å²) in [4.78, 5) is 16.4. The number of carbonyl (C=O) groups excluding carboxylic acids is 1. The summed E-state index contributed by atoms with van der Waals surface area (Å²) in [6.45, 7) is 6.88. The summed E-state index contributed by atoms with van der Waals surface area (Å²) < 4.78 is 0. The van der Waals surface area contributed by atoms with Gasteiger partial charge in [0.15, 0.2) is 0 Å². The van der Waals surface area contributed by atoms with Crippen molar-refractivity contribution in [2.24, 2.45) is 5.41 Å². The number of anilines is 1. The lowest BCUT2D eigenvalue weighted by molar-refractivity contribution is -0.135. The number of rotatable bonds is 3. The Kier molecular flexibility index (Phi) is 4.44. The highest BCUT2D eigenvalue weighted by atomic mass is 16.2. The third-order valence-electron chi connectivity index (χ3n) is 6.99. The molecular weight excluding hydrogens is 378 g/mol. The third-order valence-corrected chi connectivity index (χ3v) is 6.99. The average Bonchev–Trinajstić information content (AvgIpc) is 2.75. The van der Waals surface area contributed by atoms with Crippen LogP contribution in [0, 0.1) is 5.41 Å². The van der Waals surface area contributed by atoms with Crippen LogP contribution in [0.15, 0.2) is 103 Å². The first kappa shape index (κ1) is 19.8.